The average Bonchev–Trinajstić information content (AvgIpc) is 3.89. The Morgan fingerprint density at radius 2 is 0.855 bits per heavy atom. The highest BCUT2D eigenvalue weighted by molar-refractivity contribution is 6.15. The van der Waals surface area contributed by atoms with Gasteiger partial charge >= 0.3 is 0 Å². The van der Waals surface area contributed by atoms with Crippen LogP contribution in [0.4, 0.5) is 0 Å². The summed E-state index contributed by atoms with van der Waals surface area (Å²) in [6, 6.07) is 65.9. The number of benzene rings is 8. The first kappa shape index (κ1) is 30.7. The van der Waals surface area contributed by atoms with Gasteiger partial charge in [-0.05, 0) is 66.2 Å². The molecule has 3 heterocycles. The summed E-state index contributed by atoms with van der Waals surface area (Å²) in [6.07, 6.45) is 0. The maximum absolute atomic E-state index is 10.6. The Hall–Kier alpha value is -7.86. The van der Waals surface area contributed by atoms with Crippen molar-refractivity contribution < 1.29 is 0 Å². The largest absolute Gasteiger partial charge is 0.307 e. The lowest BCUT2D eigenvalue weighted by Crippen LogP contribution is -2.02. The van der Waals surface area contributed by atoms with Crippen molar-refractivity contribution in [2.75, 3.05) is 0 Å². The number of para-hydroxylation sites is 7. The smallest absolute Gasteiger partial charge is 0.101 e. The van der Waals surface area contributed by atoms with E-state index in [9.17, 15) is 10.5 Å². The minimum absolute atomic E-state index is 0.558. The molecule has 11 aromatic rings. The van der Waals surface area contributed by atoms with Gasteiger partial charge in [0.25, 0.3) is 0 Å². The third-order valence-corrected chi connectivity index (χ3v) is 11.1. The van der Waals surface area contributed by atoms with Crippen molar-refractivity contribution in [1.82, 2.24) is 13.7 Å². The molecule has 0 saturated heterocycles. The zero-order chi connectivity index (χ0) is 36.6. The molecule has 8 aromatic carbocycles. The lowest BCUT2D eigenvalue weighted by atomic mass is 10.00. The van der Waals surface area contributed by atoms with Crippen LogP contribution in [0.15, 0.2) is 176 Å². The van der Waals surface area contributed by atoms with Gasteiger partial charge in [-0.25, -0.2) is 0 Å². The van der Waals surface area contributed by atoms with Gasteiger partial charge in [0, 0.05) is 43.6 Å². The molecular formula is C50H29N5. The van der Waals surface area contributed by atoms with Crippen molar-refractivity contribution in [2.24, 2.45) is 0 Å². The first-order chi connectivity index (χ1) is 27.2. The van der Waals surface area contributed by atoms with E-state index in [1.54, 1.807) is 0 Å². The van der Waals surface area contributed by atoms with E-state index < -0.39 is 0 Å². The van der Waals surface area contributed by atoms with Gasteiger partial charge in [-0.15, -0.1) is 0 Å². The van der Waals surface area contributed by atoms with Gasteiger partial charge in [0.1, 0.15) is 6.07 Å². The molecule has 0 saturated carbocycles. The average molecular weight is 700 g/mol. The minimum Gasteiger partial charge on any atom is -0.307 e. The highest BCUT2D eigenvalue weighted by Crippen LogP contribution is 2.42. The number of nitriles is 2. The number of nitrogens with zero attached hydrogens (tertiary/aromatic N) is 5. The molecule has 0 bridgehead atoms. The van der Waals surface area contributed by atoms with Crippen LogP contribution in [0.5, 0.6) is 0 Å². The van der Waals surface area contributed by atoms with Gasteiger partial charge in [-0.2, -0.15) is 10.5 Å². The molecule has 55 heavy (non-hydrogen) atoms. The van der Waals surface area contributed by atoms with Crippen molar-refractivity contribution in [3.63, 3.8) is 0 Å². The summed E-state index contributed by atoms with van der Waals surface area (Å²) in [7, 11) is 0. The van der Waals surface area contributed by atoms with Gasteiger partial charge in [0.15, 0.2) is 0 Å². The van der Waals surface area contributed by atoms with Crippen LogP contribution in [-0.4, -0.2) is 13.7 Å². The summed E-state index contributed by atoms with van der Waals surface area (Å²) in [5, 5.41) is 27.7. The molecule has 0 fully saturated rings. The van der Waals surface area contributed by atoms with Crippen LogP contribution in [0.25, 0.3) is 93.6 Å². The molecule has 5 nitrogen and oxygen atoms in total. The molecule has 0 unspecified atom stereocenters. The van der Waals surface area contributed by atoms with E-state index in [1.807, 2.05) is 48.5 Å². The van der Waals surface area contributed by atoms with E-state index in [-0.39, 0.29) is 0 Å². The fourth-order valence-corrected chi connectivity index (χ4v) is 8.86. The van der Waals surface area contributed by atoms with Crippen molar-refractivity contribution in [2.45, 2.75) is 0 Å². The third-order valence-electron chi connectivity index (χ3n) is 11.1. The molecule has 0 radical (unpaired) electrons. The predicted octanol–water partition coefficient (Wildman–Crippen LogP) is 12.4. The van der Waals surface area contributed by atoms with Crippen LogP contribution in [0.2, 0.25) is 0 Å². The third kappa shape index (κ3) is 4.39. The molecule has 0 aliphatic rings. The molecule has 3 aromatic heterocycles. The molecule has 0 spiro atoms. The highest BCUT2D eigenvalue weighted by Gasteiger charge is 2.22. The Balaban J connectivity index is 1.23. The topological polar surface area (TPSA) is 62.4 Å². The normalized spacial score (nSPS) is 11.6. The maximum atomic E-state index is 10.6. The molecular weight excluding hydrogens is 671 g/mol. The molecule has 0 atom stereocenters. The summed E-state index contributed by atoms with van der Waals surface area (Å²) in [5.41, 5.74) is 12.2. The van der Waals surface area contributed by atoms with E-state index in [4.69, 9.17) is 0 Å². The molecule has 11 rings (SSSR count). The van der Waals surface area contributed by atoms with Gasteiger partial charge in [0.05, 0.1) is 61.7 Å². The standard InChI is InChI=1S/C50H29N5/c51-30-32-27-34(36-14-1-6-21-43(36)55-47-25-10-5-17-39(47)41-19-11-13-33(31-52)49(41)55)29-35(28-32)53-44-22-7-4-18-40(44)42-20-12-26-48(50(42)53)54-45-23-8-2-15-37(45)38-16-3-9-24-46(38)54/h1-29H. The Bertz CT molecular complexity index is 3420. The summed E-state index contributed by atoms with van der Waals surface area (Å²) in [5.74, 6) is 0. The van der Waals surface area contributed by atoms with Gasteiger partial charge in [-0.3, -0.25) is 0 Å². The van der Waals surface area contributed by atoms with Crippen LogP contribution in [0, 0.1) is 22.7 Å². The maximum Gasteiger partial charge on any atom is 0.101 e. The van der Waals surface area contributed by atoms with Crippen LogP contribution >= 0.6 is 0 Å². The van der Waals surface area contributed by atoms with E-state index >= 15 is 0 Å². The zero-order valence-electron chi connectivity index (χ0n) is 29.5. The summed E-state index contributed by atoms with van der Waals surface area (Å²) >= 11 is 0. The van der Waals surface area contributed by atoms with E-state index in [0.717, 1.165) is 82.8 Å². The zero-order valence-corrected chi connectivity index (χ0v) is 29.5. The summed E-state index contributed by atoms with van der Waals surface area (Å²) in [4.78, 5) is 0. The Kier molecular flexibility index (Phi) is 6.61. The van der Waals surface area contributed by atoms with Crippen LogP contribution < -0.4 is 0 Å². The number of fused-ring (bicyclic) bond motifs is 9. The van der Waals surface area contributed by atoms with Gasteiger partial charge in [0.2, 0.25) is 0 Å². The first-order valence-electron chi connectivity index (χ1n) is 18.3. The second-order valence-electron chi connectivity index (χ2n) is 14.0. The second kappa shape index (κ2) is 11.8. The van der Waals surface area contributed by atoms with Crippen molar-refractivity contribution >= 4 is 65.4 Å². The van der Waals surface area contributed by atoms with Crippen molar-refractivity contribution in [3.8, 4) is 40.3 Å². The quantitative estimate of drug-likeness (QED) is 0.184. The van der Waals surface area contributed by atoms with Gasteiger partial charge < -0.3 is 13.7 Å². The van der Waals surface area contributed by atoms with Gasteiger partial charge in [-0.1, -0.05) is 115 Å². The van der Waals surface area contributed by atoms with Crippen LogP contribution in [0.3, 0.4) is 0 Å². The van der Waals surface area contributed by atoms with E-state index in [0.29, 0.717) is 11.1 Å². The van der Waals surface area contributed by atoms with E-state index in [2.05, 4.69) is 153 Å². The first-order valence-corrected chi connectivity index (χ1v) is 18.3. The number of hydrogen-bond donors (Lipinski definition) is 0. The number of hydrogen-bond acceptors (Lipinski definition) is 2. The fraction of sp³-hybridized carbons (Fsp3) is 0. The Morgan fingerprint density at radius 1 is 0.364 bits per heavy atom. The van der Waals surface area contributed by atoms with Crippen molar-refractivity contribution in [1.29, 1.82) is 10.5 Å². The highest BCUT2D eigenvalue weighted by atomic mass is 15.1. The molecule has 0 aliphatic carbocycles. The summed E-state index contributed by atoms with van der Waals surface area (Å²) < 4.78 is 6.91. The monoisotopic (exact) mass is 699 g/mol. The number of aromatic nitrogens is 3. The molecule has 5 heteroatoms. The fourth-order valence-electron chi connectivity index (χ4n) is 8.86. The minimum atomic E-state index is 0.558. The summed E-state index contributed by atoms with van der Waals surface area (Å²) in [6.45, 7) is 0. The van der Waals surface area contributed by atoms with Crippen molar-refractivity contribution in [3.05, 3.63) is 187 Å². The Morgan fingerprint density at radius 3 is 1.49 bits per heavy atom. The molecule has 0 amide bonds. The lowest BCUT2D eigenvalue weighted by molar-refractivity contribution is 1.13. The Labute approximate surface area is 316 Å². The van der Waals surface area contributed by atoms with E-state index in [1.165, 1.54) is 10.8 Å². The molecule has 0 aliphatic heterocycles. The number of rotatable bonds is 4. The molecule has 254 valence electrons. The van der Waals surface area contributed by atoms with Crippen LogP contribution in [-0.2, 0) is 0 Å². The van der Waals surface area contributed by atoms with Crippen LogP contribution in [0.1, 0.15) is 11.1 Å². The predicted molar refractivity (Wildman–Crippen MR) is 224 cm³/mol. The SMILES string of the molecule is N#Cc1cc(-c2ccccc2-n2c3ccccc3c3cccc(C#N)c32)cc(-n2c3ccccc3c3cccc(-n4c5ccccc5c5ccccc54)c32)c1. The second-order valence-corrected chi connectivity index (χ2v) is 14.0. The molecule has 0 N–H and O–H groups in total. The lowest BCUT2D eigenvalue weighted by Gasteiger charge is -2.17.